The monoisotopic (exact) mass is 807 g/mol. The highest BCUT2D eigenvalue weighted by Crippen LogP contribution is 2.40. The van der Waals surface area contributed by atoms with E-state index in [4.69, 9.17) is 23.2 Å². The molecule has 0 amide bonds. The Hall–Kier alpha value is -3.63. The summed E-state index contributed by atoms with van der Waals surface area (Å²) in [4.78, 5) is 0.198. The van der Waals surface area contributed by atoms with Crippen LogP contribution in [0.2, 0.25) is 10.3 Å². The standard InChI is InChI=1S/C19H23FO.C19H24O.C5H3Cl2FN.BF3.FH/c1-2-3-13-4-6-14(7-5-13)15-8-10-17-16(12-15)9-11-18(21)19(17)20;1-2-3-14-4-6-15(7-5-14)16-8-9-18-13-19(20)11-10-17(18)12-16;6-4-2-1-3-5(7)9(4)8;2-1(3)4;/h8-14,21H,2-7H2,1H3;8-15,20H,2-7H2,1H3;1-3H;;1H/q;;+1;;/p-1. The number of phenols is 2. The number of phenolic OH excluding ortho intramolecular Hbond substituents is 2. The highest BCUT2D eigenvalue weighted by atomic mass is 35.5. The molecule has 5 aromatic rings. The van der Waals surface area contributed by atoms with Gasteiger partial charge in [0.1, 0.15) is 5.75 Å². The molecule has 0 saturated heterocycles. The summed E-state index contributed by atoms with van der Waals surface area (Å²) in [6.07, 6.45) is 16.0. The summed E-state index contributed by atoms with van der Waals surface area (Å²) < 4.78 is 55.2. The molecule has 298 valence electrons. The van der Waals surface area contributed by atoms with Crippen LogP contribution in [0.5, 0.6) is 11.5 Å². The molecule has 0 bridgehead atoms. The van der Waals surface area contributed by atoms with Gasteiger partial charge in [0.05, 0.1) is 9.27 Å². The second kappa shape index (κ2) is 22.8. The third-order valence-corrected chi connectivity index (χ3v) is 11.2. The zero-order chi connectivity index (χ0) is 39.2. The molecule has 3 nitrogen and oxygen atoms in total. The van der Waals surface area contributed by atoms with Crippen LogP contribution in [0, 0.1) is 17.7 Å². The van der Waals surface area contributed by atoms with Crippen molar-refractivity contribution in [3.63, 3.8) is 0 Å². The maximum Gasteiger partial charge on any atom is 0.762 e. The van der Waals surface area contributed by atoms with Crippen molar-refractivity contribution < 1.29 is 41.5 Å². The number of hydrogen-bond donors (Lipinski definition) is 2. The number of rotatable bonds is 6. The lowest BCUT2D eigenvalue weighted by atomic mass is 9.77. The van der Waals surface area contributed by atoms with Gasteiger partial charge in [-0.25, -0.2) is 4.39 Å². The molecule has 55 heavy (non-hydrogen) atoms. The van der Waals surface area contributed by atoms with Crippen LogP contribution in [0.15, 0.2) is 84.9 Å². The number of hydrogen-bond acceptors (Lipinski definition) is 2. The molecular weight excluding hydrogens is 758 g/mol. The second-order valence-corrected chi connectivity index (χ2v) is 15.2. The van der Waals surface area contributed by atoms with Crippen LogP contribution in [0.1, 0.15) is 114 Å². The molecule has 0 atom stereocenters. The smallest absolute Gasteiger partial charge is 0.762 e. The van der Waals surface area contributed by atoms with Crippen molar-refractivity contribution in [1.82, 2.24) is 0 Å². The Balaban J connectivity index is 0.000000222. The highest BCUT2D eigenvalue weighted by Gasteiger charge is 2.23. The van der Waals surface area contributed by atoms with Gasteiger partial charge in [-0.2, -0.15) is 0 Å². The van der Waals surface area contributed by atoms with Gasteiger partial charge in [-0.3, -0.25) is 12.9 Å². The molecule has 2 fully saturated rings. The minimum absolute atomic E-state index is 0. The Morgan fingerprint density at radius 2 is 1.07 bits per heavy atom. The Bertz CT molecular complexity index is 1900. The topological polar surface area (TPSA) is 44.3 Å². The van der Waals surface area contributed by atoms with E-state index in [0.717, 1.165) is 28.5 Å². The summed E-state index contributed by atoms with van der Waals surface area (Å²) in [5, 5.41) is 22.7. The molecule has 12 heteroatoms. The third-order valence-electron chi connectivity index (χ3n) is 10.7. The molecule has 0 spiro atoms. The first kappa shape index (κ1) is 45.8. The Labute approximate surface area is 331 Å². The van der Waals surface area contributed by atoms with Crippen LogP contribution in [0.25, 0.3) is 21.5 Å². The predicted molar refractivity (Wildman–Crippen MR) is 213 cm³/mol. The summed E-state index contributed by atoms with van der Waals surface area (Å²) in [6, 6.07) is 26.0. The van der Waals surface area contributed by atoms with E-state index in [-0.39, 0.29) is 25.5 Å². The fraction of sp³-hybridized carbons (Fsp3) is 0.419. The van der Waals surface area contributed by atoms with E-state index in [2.05, 4.69) is 38.1 Å². The Morgan fingerprint density at radius 3 is 1.56 bits per heavy atom. The van der Waals surface area contributed by atoms with Crippen LogP contribution in [-0.4, -0.2) is 17.8 Å². The zero-order valence-electron chi connectivity index (χ0n) is 31.3. The average molecular weight is 809 g/mol. The maximum absolute atomic E-state index is 13.9. The second-order valence-electron chi connectivity index (χ2n) is 14.4. The molecule has 4 aromatic carbocycles. The van der Waals surface area contributed by atoms with Crippen LogP contribution in [-0.2, 0) is 0 Å². The van der Waals surface area contributed by atoms with Crippen LogP contribution >= 0.6 is 23.2 Å². The molecule has 0 radical (unpaired) electrons. The van der Waals surface area contributed by atoms with Crippen molar-refractivity contribution in [3.8, 4) is 11.5 Å². The van der Waals surface area contributed by atoms with Crippen molar-refractivity contribution in [2.24, 2.45) is 11.8 Å². The molecule has 0 unspecified atom stereocenters. The minimum atomic E-state index is -3.67. The van der Waals surface area contributed by atoms with Crippen molar-refractivity contribution in [2.45, 2.75) is 103 Å². The first-order chi connectivity index (χ1) is 25.9. The Kier molecular flexibility index (Phi) is 19.0. The molecule has 1 aromatic heterocycles. The fourth-order valence-corrected chi connectivity index (χ4v) is 8.25. The van der Waals surface area contributed by atoms with E-state index in [0.29, 0.717) is 17.1 Å². The number of nitrogens with zero attached hydrogens (tertiary/aromatic N) is 1. The van der Waals surface area contributed by atoms with Crippen molar-refractivity contribution in [1.29, 1.82) is 0 Å². The molecule has 2 aliphatic carbocycles. The van der Waals surface area contributed by atoms with Gasteiger partial charge in [-0.05, 0) is 150 Å². The summed E-state index contributed by atoms with van der Waals surface area (Å²) >= 11 is 10.6. The van der Waals surface area contributed by atoms with E-state index in [9.17, 15) is 32.0 Å². The van der Waals surface area contributed by atoms with Crippen molar-refractivity contribution in [3.05, 3.63) is 112 Å². The van der Waals surface area contributed by atoms with E-state index in [1.54, 1.807) is 18.2 Å². The molecule has 0 aliphatic heterocycles. The molecule has 2 aliphatic rings. The Morgan fingerprint density at radius 1 is 0.636 bits per heavy atom. The molecule has 2 saturated carbocycles. The lowest BCUT2D eigenvalue weighted by molar-refractivity contribution is -0.840. The van der Waals surface area contributed by atoms with Gasteiger partial charge in [0.15, 0.2) is 11.6 Å². The number of halogens is 8. The van der Waals surface area contributed by atoms with Crippen molar-refractivity contribution in [2.75, 3.05) is 0 Å². The van der Waals surface area contributed by atoms with E-state index in [1.807, 2.05) is 24.3 Å². The van der Waals surface area contributed by atoms with Crippen LogP contribution in [0.4, 0.5) is 21.8 Å². The van der Waals surface area contributed by atoms with Gasteiger partial charge in [0.2, 0.25) is 0 Å². The quantitative estimate of drug-likeness (QED) is 0.102. The number of aromatic hydroxyl groups is 2. The molecule has 1 heterocycles. The lowest BCUT2D eigenvalue weighted by Gasteiger charge is -2.28. The minimum Gasteiger partial charge on any atom is -1.00 e. The van der Waals surface area contributed by atoms with Gasteiger partial charge in [0, 0.05) is 17.5 Å². The number of fused-ring (bicyclic) bond motifs is 2. The predicted octanol–water partition coefficient (Wildman–Crippen LogP) is 11.3. The van der Waals surface area contributed by atoms with E-state index >= 15 is 0 Å². The van der Waals surface area contributed by atoms with E-state index < -0.39 is 13.4 Å². The number of aromatic nitrogens is 1. The normalized spacial score (nSPS) is 19.1. The van der Waals surface area contributed by atoms with Crippen molar-refractivity contribution >= 4 is 52.3 Å². The maximum atomic E-state index is 13.9. The third kappa shape index (κ3) is 13.8. The molecule has 2 N–H and O–H groups in total. The number of benzene rings is 4. The summed E-state index contributed by atoms with van der Waals surface area (Å²) in [5.74, 6) is 2.79. The first-order valence-electron chi connectivity index (χ1n) is 19.0. The van der Waals surface area contributed by atoms with Gasteiger partial charge in [-0.15, -0.1) is 0 Å². The summed E-state index contributed by atoms with van der Waals surface area (Å²) in [7, 11) is -3.67. The fourth-order valence-electron chi connectivity index (χ4n) is 7.88. The lowest BCUT2D eigenvalue weighted by Crippen LogP contribution is -3.00. The van der Waals surface area contributed by atoms with Gasteiger partial charge >= 0.3 is 17.9 Å². The zero-order valence-corrected chi connectivity index (χ0v) is 32.8. The SMILES string of the molecule is CCCC1CCC(c2ccc3c(F)c(O)ccc3c2)CC1.CCCC1CCC(c2ccc3cc(O)ccc3c2)CC1.FB(F)F.F[n+]1c(Cl)cccc1Cl.[F-]. The molecular formula is C43H50BCl2F6NO2. The van der Waals surface area contributed by atoms with Crippen LogP contribution < -0.4 is 9.49 Å². The number of pyridine rings is 1. The first-order valence-corrected chi connectivity index (χ1v) is 19.7. The van der Waals surface area contributed by atoms with Gasteiger partial charge < -0.3 is 14.9 Å². The average Bonchev–Trinajstić information content (AvgIpc) is 3.16. The molecule has 7 rings (SSSR count). The highest BCUT2D eigenvalue weighted by molar-refractivity contribution is 6.33. The largest absolute Gasteiger partial charge is 1.00 e. The summed E-state index contributed by atoms with van der Waals surface area (Å²) in [6.45, 7) is 4.56. The van der Waals surface area contributed by atoms with Crippen LogP contribution in [0.3, 0.4) is 0 Å². The summed E-state index contributed by atoms with van der Waals surface area (Å²) in [5.41, 5.74) is 2.81. The van der Waals surface area contributed by atoms with E-state index in [1.165, 1.54) is 112 Å². The van der Waals surface area contributed by atoms with Gasteiger partial charge in [0.25, 0.3) is 0 Å². The van der Waals surface area contributed by atoms with Gasteiger partial charge in [-0.1, -0.05) is 88.1 Å².